The second kappa shape index (κ2) is 8.14. The van der Waals surface area contributed by atoms with E-state index in [0.717, 1.165) is 4.68 Å². The van der Waals surface area contributed by atoms with Gasteiger partial charge in [-0.05, 0) is 42.0 Å². The molecule has 0 radical (unpaired) electrons. The van der Waals surface area contributed by atoms with Crippen LogP contribution in [0.25, 0.3) is 0 Å². The molecule has 31 heavy (non-hydrogen) atoms. The van der Waals surface area contributed by atoms with Crippen molar-refractivity contribution in [3.8, 4) is 5.75 Å². The van der Waals surface area contributed by atoms with Gasteiger partial charge in [0.1, 0.15) is 11.6 Å². The lowest BCUT2D eigenvalue weighted by Crippen LogP contribution is -2.35. The maximum absolute atomic E-state index is 13.8. The van der Waals surface area contributed by atoms with E-state index in [1.54, 1.807) is 48.5 Å². The fourth-order valence-electron chi connectivity index (χ4n) is 3.49. The lowest BCUT2D eigenvalue weighted by molar-refractivity contribution is -0.173. The molecule has 0 saturated carbocycles. The van der Waals surface area contributed by atoms with E-state index < -0.39 is 24.2 Å². The number of hydrogen-bond acceptors (Lipinski definition) is 4. The van der Waals surface area contributed by atoms with Gasteiger partial charge in [-0.1, -0.05) is 23.7 Å². The van der Waals surface area contributed by atoms with Gasteiger partial charge >= 0.3 is 6.18 Å². The molecule has 162 valence electrons. The first-order valence-electron chi connectivity index (χ1n) is 9.38. The number of anilines is 2. The SMILES string of the molecule is COc1cccc(C2CC(C(F)(F)F)n3nc(C(=O)Nc4ccc(Cl)cc4)cc3N2)c1. The highest BCUT2D eigenvalue weighted by molar-refractivity contribution is 6.30. The number of aromatic nitrogens is 2. The van der Waals surface area contributed by atoms with Crippen molar-refractivity contribution in [2.45, 2.75) is 24.7 Å². The summed E-state index contributed by atoms with van der Waals surface area (Å²) in [5.74, 6) is 0.0394. The number of fused-ring (bicyclic) bond motifs is 1. The van der Waals surface area contributed by atoms with Crippen LogP contribution in [0.15, 0.2) is 54.6 Å². The van der Waals surface area contributed by atoms with E-state index in [9.17, 15) is 18.0 Å². The van der Waals surface area contributed by atoms with Crippen LogP contribution in [-0.4, -0.2) is 29.0 Å². The average Bonchev–Trinajstić information content (AvgIpc) is 3.18. The molecule has 1 aliphatic rings. The molecule has 0 saturated heterocycles. The Morgan fingerprint density at radius 2 is 1.97 bits per heavy atom. The minimum atomic E-state index is -4.54. The molecule has 4 rings (SSSR count). The fraction of sp³-hybridized carbons (Fsp3) is 0.238. The van der Waals surface area contributed by atoms with Crippen LogP contribution in [0.4, 0.5) is 24.7 Å². The maximum atomic E-state index is 13.8. The van der Waals surface area contributed by atoms with Crippen LogP contribution in [0, 0.1) is 0 Å². The smallest absolute Gasteiger partial charge is 0.410 e. The van der Waals surface area contributed by atoms with E-state index in [-0.39, 0.29) is 17.9 Å². The summed E-state index contributed by atoms with van der Waals surface area (Å²) in [5.41, 5.74) is 0.973. The van der Waals surface area contributed by atoms with Crippen molar-refractivity contribution in [2.24, 2.45) is 0 Å². The number of alkyl halides is 3. The molecule has 1 amide bonds. The summed E-state index contributed by atoms with van der Waals surface area (Å²) >= 11 is 5.82. The largest absolute Gasteiger partial charge is 0.497 e. The summed E-state index contributed by atoms with van der Waals surface area (Å²) in [6.45, 7) is 0. The molecule has 2 N–H and O–H groups in total. The van der Waals surface area contributed by atoms with Crippen molar-refractivity contribution in [2.75, 3.05) is 17.7 Å². The van der Waals surface area contributed by atoms with Crippen LogP contribution in [0.5, 0.6) is 5.75 Å². The van der Waals surface area contributed by atoms with Crippen molar-refractivity contribution < 1.29 is 22.7 Å². The standard InChI is InChI=1S/C21H18ClF3N4O2/c1-31-15-4-2-3-12(9-15)16-10-18(21(23,24)25)29-19(27-16)11-17(28-29)20(30)26-14-7-5-13(22)6-8-14/h2-9,11,16,18,27H,10H2,1H3,(H,26,30). The summed E-state index contributed by atoms with van der Waals surface area (Å²) < 4.78 is 47.5. The number of carbonyl (C=O) groups excluding carboxylic acids is 1. The van der Waals surface area contributed by atoms with Crippen LogP contribution in [0.1, 0.15) is 34.6 Å². The third-order valence-corrected chi connectivity index (χ3v) is 5.27. The molecule has 0 fully saturated rings. The molecular weight excluding hydrogens is 433 g/mol. The van der Waals surface area contributed by atoms with Gasteiger partial charge in [-0.15, -0.1) is 0 Å². The van der Waals surface area contributed by atoms with Gasteiger partial charge in [0.2, 0.25) is 0 Å². The molecule has 2 heterocycles. The zero-order chi connectivity index (χ0) is 22.2. The molecule has 6 nitrogen and oxygen atoms in total. The molecule has 1 aliphatic heterocycles. The topological polar surface area (TPSA) is 68.2 Å². The zero-order valence-corrected chi connectivity index (χ0v) is 17.0. The Hall–Kier alpha value is -3.20. The first-order chi connectivity index (χ1) is 14.7. The predicted molar refractivity (Wildman–Crippen MR) is 111 cm³/mol. The lowest BCUT2D eigenvalue weighted by Gasteiger charge is -2.33. The molecular formula is C21H18ClF3N4O2. The van der Waals surface area contributed by atoms with Crippen LogP contribution in [0.2, 0.25) is 5.02 Å². The van der Waals surface area contributed by atoms with Crippen molar-refractivity contribution in [1.82, 2.24) is 9.78 Å². The van der Waals surface area contributed by atoms with Gasteiger partial charge in [0.15, 0.2) is 11.7 Å². The van der Waals surface area contributed by atoms with Crippen molar-refractivity contribution in [1.29, 1.82) is 0 Å². The third kappa shape index (κ3) is 4.46. The number of ether oxygens (including phenoxy) is 1. The summed E-state index contributed by atoms with van der Waals surface area (Å²) in [5, 5.41) is 10.1. The van der Waals surface area contributed by atoms with Gasteiger partial charge in [-0.3, -0.25) is 4.79 Å². The van der Waals surface area contributed by atoms with E-state index in [4.69, 9.17) is 16.3 Å². The highest BCUT2D eigenvalue weighted by atomic mass is 35.5. The van der Waals surface area contributed by atoms with E-state index in [1.807, 2.05) is 0 Å². The fourth-order valence-corrected chi connectivity index (χ4v) is 3.62. The van der Waals surface area contributed by atoms with Gasteiger partial charge < -0.3 is 15.4 Å². The first kappa shape index (κ1) is 21.0. The van der Waals surface area contributed by atoms with Crippen molar-refractivity contribution in [3.63, 3.8) is 0 Å². The third-order valence-electron chi connectivity index (χ3n) is 5.02. The monoisotopic (exact) mass is 450 g/mol. The van der Waals surface area contributed by atoms with Gasteiger partial charge in [0.25, 0.3) is 5.91 Å². The average molecular weight is 451 g/mol. The second-order valence-corrected chi connectivity index (χ2v) is 7.52. The van der Waals surface area contributed by atoms with Gasteiger partial charge in [-0.25, -0.2) is 4.68 Å². The lowest BCUT2D eigenvalue weighted by atomic mass is 9.97. The highest BCUT2D eigenvalue weighted by Crippen LogP contribution is 2.44. The number of rotatable bonds is 4. The molecule has 0 aliphatic carbocycles. The molecule has 1 aromatic heterocycles. The summed E-state index contributed by atoms with van der Waals surface area (Å²) in [7, 11) is 1.49. The number of nitrogens with one attached hydrogen (secondary N) is 2. The van der Waals surface area contributed by atoms with E-state index >= 15 is 0 Å². The molecule has 2 aromatic carbocycles. The Kier molecular flexibility index (Phi) is 5.53. The Morgan fingerprint density at radius 1 is 1.23 bits per heavy atom. The van der Waals surface area contributed by atoms with Crippen molar-refractivity contribution in [3.05, 3.63) is 70.9 Å². The normalized spacial score (nSPS) is 18.1. The second-order valence-electron chi connectivity index (χ2n) is 7.09. The van der Waals surface area contributed by atoms with Gasteiger partial charge in [0.05, 0.1) is 13.2 Å². The molecule has 2 unspecified atom stereocenters. The van der Waals surface area contributed by atoms with Crippen molar-refractivity contribution >= 4 is 29.0 Å². The number of halogens is 4. The van der Waals surface area contributed by atoms with Gasteiger partial charge in [0, 0.05) is 23.2 Å². The van der Waals surface area contributed by atoms with Crippen LogP contribution < -0.4 is 15.4 Å². The first-order valence-corrected chi connectivity index (χ1v) is 9.76. The van der Waals surface area contributed by atoms with Crippen LogP contribution in [-0.2, 0) is 0 Å². The van der Waals surface area contributed by atoms with Gasteiger partial charge in [-0.2, -0.15) is 18.3 Å². The summed E-state index contributed by atoms with van der Waals surface area (Å²) in [4.78, 5) is 12.6. The minimum Gasteiger partial charge on any atom is -0.497 e. The van der Waals surface area contributed by atoms with E-state index in [2.05, 4.69) is 15.7 Å². The zero-order valence-electron chi connectivity index (χ0n) is 16.3. The van der Waals surface area contributed by atoms with E-state index in [0.29, 0.717) is 22.0 Å². The predicted octanol–water partition coefficient (Wildman–Crippen LogP) is 5.46. The summed E-state index contributed by atoms with van der Waals surface area (Å²) in [6.07, 6.45) is -4.81. The number of nitrogens with zero attached hydrogens (tertiary/aromatic N) is 2. The number of methoxy groups -OCH3 is 1. The Morgan fingerprint density at radius 3 is 2.65 bits per heavy atom. The number of amides is 1. The quantitative estimate of drug-likeness (QED) is 0.554. The molecule has 0 spiro atoms. The molecule has 2 atom stereocenters. The van der Waals surface area contributed by atoms with Crippen LogP contribution in [0.3, 0.4) is 0 Å². The Labute approximate surface area is 181 Å². The number of hydrogen-bond donors (Lipinski definition) is 2. The summed E-state index contributed by atoms with van der Waals surface area (Å²) in [6, 6.07) is 12.0. The molecule has 0 bridgehead atoms. The number of carbonyl (C=O) groups is 1. The highest BCUT2D eigenvalue weighted by Gasteiger charge is 2.46. The Bertz CT molecular complexity index is 1100. The Balaban J connectivity index is 1.64. The van der Waals surface area contributed by atoms with E-state index in [1.165, 1.54) is 13.2 Å². The molecule has 3 aromatic rings. The minimum absolute atomic E-state index is 0.114. The molecule has 10 heteroatoms. The maximum Gasteiger partial charge on any atom is 0.410 e. The number of benzene rings is 2. The van der Waals surface area contributed by atoms with Crippen LogP contribution >= 0.6 is 11.6 Å².